The van der Waals surface area contributed by atoms with Crippen molar-refractivity contribution in [2.75, 3.05) is 5.32 Å². The number of hydrogen-bond acceptors (Lipinski definition) is 4. The van der Waals surface area contributed by atoms with E-state index in [0.29, 0.717) is 10.7 Å². The minimum Gasteiger partial charge on any atom is -0.388 e. The standard InChI is InChI=1S/C12H12ClN3S2/c1-7(9-5-6-10(13)18-9)15-11-4-2-3-8(16-11)12(14)17/h2-7H,1H3,(H2,14,17)(H,15,16). The zero-order valence-corrected chi connectivity index (χ0v) is 12.1. The van der Waals surface area contributed by atoms with Crippen molar-refractivity contribution in [2.45, 2.75) is 13.0 Å². The molecule has 0 amide bonds. The van der Waals surface area contributed by atoms with Crippen molar-refractivity contribution in [1.82, 2.24) is 4.98 Å². The molecule has 3 nitrogen and oxygen atoms in total. The minimum absolute atomic E-state index is 0.136. The predicted molar refractivity (Wildman–Crippen MR) is 81.5 cm³/mol. The first kappa shape index (κ1) is 13.3. The van der Waals surface area contributed by atoms with Gasteiger partial charge in [-0.2, -0.15) is 0 Å². The number of hydrogen-bond donors (Lipinski definition) is 2. The van der Waals surface area contributed by atoms with Crippen LogP contribution in [0.15, 0.2) is 30.3 Å². The summed E-state index contributed by atoms with van der Waals surface area (Å²) in [7, 11) is 0. The number of nitrogens with two attached hydrogens (primary N) is 1. The molecule has 2 aromatic rings. The molecule has 0 aromatic carbocycles. The van der Waals surface area contributed by atoms with Gasteiger partial charge in [0.2, 0.25) is 0 Å². The Hall–Kier alpha value is -1.17. The van der Waals surface area contributed by atoms with Gasteiger partial charge in [-0.05, 0) is 31.2 Å². The summed E-state index contributed by atoms with van der Waals surface area (Å²) in [4.78, 5) is 5.79. The van der Waals surface area contributed by atoms with E-state index >= 15 is 0 Å². The highest BCUT2D eigenvalue weighted by Crippen LogP contribution is 2.28. The van der Waals surface area contributed by atoms with Crippen LogP contribution >= 0.6 is 35.2 Å². The van der Waals surface area contributed by atoms with Crippen LogP contribution in [-0.2, 0) is 0 Å². The molecule has 0 aliphatic rings. The minimum atomic E-state index is 0.136. The number of thiocarbonyl (C=S) groups is 1. The maximum absolute atomic E-state index is 5.92. The summed E-state index contributed by atoms with van der Waals surface area (Å²) in [5, 5.41) is 3.29. The fraction of sp³-hybridized carbons (Fsp3) is 0.167. The van der Waals surface area contributed by atoms with Crippen LogP contribution in [0.5, 0.6) is 0 Å². The van der Waals surface area contributed by atoms with E-state index in [2.05, 4.69) is 17.2 Å². The lowest BCUT2D eigenvalue weighted by Gasteiger charge is -2.13. The molecule has 0 saturated carbocycles. The van der Waals surface area contributed by atoms with Crippen LogP contribution in [0.4, 0.5) is 5.82 Å². The van der Waals surface area contributed by atoms with E-state index < -0.39 is 0 Å². The Morgan fingerprint density at radius 2 is 2.22 bits per heavy atom. The van der Waals surface area contributed by atoms with Gasteiger partial charge in [0, 0.05) is 4.88 Å². The summed E-state index contributed by atoms with van der Waals surface area (Å²) < 4.78 is 0.781. The van der Waals surface area contributed by atoms with E-state index in [0.717, 1.165) is 15.0 Å². The summed E-state index contributed by atoms with van der Waals surface area (Å²) >= 11 is 12.4. The number of aromatic nitrogens is 1. The largest absolute Gasteiger partial charge is 0.388 e. The number of nitrogens with one attached hydrogen (secondary N) is 1. The van der Waals surface area contributed by atoms with E-state index in [4.69, 9.17) is 29.6 Å². The van der Waals surface area contributed by atoms with Gasteiger partial charge in [-0.3, -0.25) is 0 Å². The van der Waals surface area contributed by atoms with Crippen LogP contribution in [0, 0.1) is 0 Å². The zero-order valence-electron chi connectivity index (χ0n) is 9.68. The van der Waals surface area contributed by atoms with Gasteiger partial charge in [0.1, 0.15) is 10.8 Å². The number of thiophene rings is 1. The van der Waals surface area contributed by atoms with Crippen LogP contribution in [0.3, 0.4) is 0 Å². The second kappa shape index (κ2) is 5.65. The van der Waals surface area contributed by atoms with Crippen LogP contribution in [0.25, 0.3) is 0 Å². The molecular weight excluding hydrogens is 286 g/mol. The Kier molecular flexibility index (Phi) is 4.16. The highest BCUT2D eigenvalue weighted by molar-refractivity contribution is 7.80. The normalized spacial score (nSPS) is 12.1. The van der Waals surface area contributed by atoms with Gasteiger partial charge < -0.3 is 11.1 Å². The summed E-state index contributed by atoms with van der Waals surface area (Å²) in [6, 6.07) is 9.57. The first-order chi connectivity index (χ1) is 8.56. The molecule has 94 valence electrons. The summed E-state index contributed by atoms with van der Waals surface area (Å²) in [6.45, 7) is 2.05. The van der Waals surface area contributed by atoms with Gasteiger partial charge in [-0.1, -0.05) is 29.9 Å². The van der Waals surface area contributed by atoms with E-state index in [1.165, 1.54) is 0 Å². The Labute approximate surface area is 120 Å². The highest BCUT2D eigenvalue weighted by atomic mass is 35.5. The lowest BCUT2D eigenvalue weighted by Crippen LogP contribution is -2.13. The third-order valence-corrected chi connectivity index (χ3v) is 4.01. The Balaban J connectivity index is 2.14. The zero-order chi connectivity index (χ0) is 13.1. The van der Waals surface area contributed by atoms with E-state index in [1.807, 2.05) is 24.3 Å². The molecule has 0 spiro atoms. The van der Waals surface area contributed by atoms with Gasteiger partial charge in [-0.25, -0.2) is 4.98 Å². The molecule has 0 aliphatic heterocycles. The van der Waals surface area contributed by atoms with Crippen LogP contribution in [0.2, 0.25) is 4.34 Å². The number of pyridine rings is 1. The van der Waals surface area contributed by atoms with Crippen molar-refractivity contribution in [3.8, 4) is 0 Å². The Morgan fingerprint density at radius 3 is 2.83 bits per heavy atom. The van der Waals surface area contributed by atoms with Crippen molar-refractivity contribution in [3.63, 3.8) is 0 Å². The quantitative estimate of drug-likeness (QED) is 0.847. The van der Waals surface area contributed by atoms with Crippen molar-refractivity contribution < 1.29 is 0 Å². The lowest BCUT2D eigenvalue weighted by molar-refractivity contribution is 0.896. The molecule has 0 fully saturated rings. The Morgan fingerprint density at radius 1 is 1.44 bits per heavy atom. The molecule has 0 bridgehead atoms. The van der Waals surface area contributed by atoms with E-state index in [9.17, 15) is 0 Å². The average molecular weight is 298 g/mol. The molecule has 6 heteroatoms. The number of rotatable bonds is 4. The van der Waals surface area contributed by atoms with Gasteiger partial charge in [0.25, 0.3) is 0 Å². The third kappa shape index (κ3) is 3.19. The van der Waals surface area contributed by atoms with Crippen LogP contribution in [-0.4, -0.2) is 9.97 Å². The second-order valence-corrected chi connectivity index (χ2v) is 5.97. The number of anilines is 1. The molecule has 2 heterocycles. The maximum Gasteiger partial charge on any atom is 0.127 e. The summed E-state index contributed by atoms with van der Waals surface area (Å²) in [5.41, 5.74) is 6.17. The lowest BCUT2D eigenvalue weighted by atomic mass is 10.2. The van der Waals surface area contributed by atoms with Gasteiger partial charge in [0.15, 0.2) is 0 Å². The first-order valence-electron chi connectivity index (χ1n) is 5.35. The second-order valence-electron chi connectivity index (χ2n) is 3.78. The van der Waals surface area contributed by atoms with Gasteiger partial charge in [0.05, 0.1) is 16.1 Å². The van der Waals surface area contributed by atoms with Gasteiger partial charge >= 0.3 is 0 Å². The molecule has 1 atom stereocenters. The summed E-state index contributed by atoms with van der Waals surface area (Å²) in [5.74, 6) is 0.748. The molecule has 0 radical (unpaired) electrons. The SMILES string of the molecule is CC(Nc1cccc(C(N)=S)n1)c1ccc(Cl)s1. The molecule has 18 heavy (non-hydrogen) atoms. The van der Waals surface area contributed by atoms with E-state index in [1.54, 1.807) is 17.4 Å². The highest BCUT2D eigenvalue weighted by Gasteiger charge is 2.09. The predicted octanol–water partition coefficient (Wildman–Crippen LogP) is 3.60. The molecule has 3 N–H and O–H groups in total. The molecule has 2 rings (SSSR count). The Bertz CT molecular complexity index is 568. The topological polar surface area (TPSA) is 50.9 Å². The molecule has 0 saturated heterocycles. The monoisotopic (exact) mass is 297 g/mol. The van der Waals surface area contributed by atoms with Crippen molar-refractivity contribution in [2.24, 2.45) is 5.73 Å². The number of nitrogens with zero attached hydrogens (tertiary/aromatic N) is 1. The first-order valence-corrected chi connectivity index (χ1v) is 6.95. The average Bonchev–Trinajstić information content (AvgIpc) is 2.76. The number of halogens is 1. The fourth-order valence-electron chi connectivity index (χ4n) is 1.51. The maximum atomic E-state index is 5.92. The van der Waals surface area contributed by atoms with E-state index in [-0.39, 0.29) is 6.04 Å². The summed E-state index contributed by atoms with van der Waals surface area (Å²) in [6.07, 6.45) is 0. The third-order valence-electron chi connectivity index (χ3n) is 2.39. The van der Waals surface area contributed by atoms with Crippen LogP contribution in [0.1, 0.15) is 23.5 Å². The van der Waals surface area contributed by atoms with Crippen LogP contribution < -0.4 is 11.1 Å². The molecular formula is C12H12ClN3S2. The fourth-order valence-corrected chi connectivity index (χ4v) is 2.68. The van der Waals surface area contributed by atoms with Gasteiger partial charge in [-0.15, -0.1) is 11.3 Å². The van der Waals surface area contributed by atoms with Crippen molar-refractivity contribution in [3.05, 3.63) is 45.2 Å². The smallest absolute Gasteiger partial charge is 0.127 e. The molecule has 2 aromatic heterocycles. The van der Waals surface area contributed by atoms with Crippen molar-refractivity contribution in [1.29, 1.82) is 0 Å². The van der Waals surface area contributed by atoms with Crippen molar-refractivity contribution >= 4 is 46.0 Å². The molecule has 0 aliphatic carbocycles. The molecule has 1 unspecified atom stereocenters.